The predicted molar refractivity (Wildman–Crippen MR) is 67.5 cm³/mol. The van der Waals surface area contributed by atoms with E-state index in [9.17, 15) is 4.79 Å². The van der Waals surface area contributed by atoms with Crippen LogP contribution >= 0.6 is 0 Å². The molecule has 94 valence electrons. The van der Waals surface area contributed by atoms with E-state index in [0.29, 0.717) is 5.92 Å². The standard InChI is InChI=1S/C13H21N3O/c1-10(2)7-12-13(17)15-5-6-16(12)9-11-3-4-14-8-11/h3-4,8,10,12,14H,5-7,9H2,1-2H3,(H,15,17)/t12-/m0/s1. The van der Waals surface area contributed by atoms with E-state index in [2.05, 4.69) is 35.1 Å². The second-order valence-corrected chi connectivity index (χ2v) is 5.13. The number of hydrogen-bond donors (Lipinski definition) is 2. The van der Waals surface area contributed by atoms with Gasteiger partial charge < -0.3 is 10.3 Å². The highest BCUT2D eigenvalue weighted by molar-refractivity contribution is 5.82. The lowest BCUT2D eigenvalue weighted by molar-refractivity contribution is -0.130. The Bertz CT molecular complexity index is 359. The van der Waals surface area contributed by atoms with Gasteiger partial charge >= 0.3 is 0 Å². The second-order valence-electron chi connectivity index (χ2n) is 5.13. The van der Waals surface area contributed by atoms with Gasteiger partial charge in [0.2, 0.25) is 5.91 Å². The maximum Gasteiger partial charge on any atom is 0.237 e. The first kappa shape index (κ1) is 12.2. The molecular weight excluding hydrogens is 214 g/mol. The van der Waals surface area contributed by atoms with Crippen molar-refractivity contribution in [2.24, 2.45) is 5.92 Å². The molecule has 1 amide bonds. The van der Waals surface area contributed by atoms with E-state index < -0.39 is 0 Å². The van der Waals surface area contributed by atoms with Crippen LogP contribution in [0.3, 0.4) is 0 Å². The number of carbonyl (C=O) groups is 1. The summed E-state index contributed by atoms with van der Waals surface area (Å²) in [6.45, 7) is 6.88. The molecule has 1 fully saturated rings. The molecule has 2 heterocycles. The Hall–Kier alpha value is -1.29. The summed E-state index contributed by atoms with van der Waals surface area (Å²) in [5.41, 5.74) is 1.24. The van der Waals surface area contributed by atoms with Gasteiger partial charge in [-0.15, -0.1) is 0 Å². The number of hydrogen-bond acceptors (Lipinski definition) is 2. The average molecular weight is 235 g/mol. The van der Waals surface area contributed by atoms with Gasteiger partial charge in [-0.2, -0.15) is 0 Å². The van der Waals surface area contributed by atoms with Gasteiger partial charge in [-0.25, -0.2) is 0 Å². The van der Waals surface area contributed by atoms with Gasteiger partial charge in [0.1, 0.15) is 0 Å². The fourth-order valence-electron chi connectivity index (χ4n) is 2.35. The average Bonchev–Trinajstić information content (AvgIpc) is 2.75. The molecule has 1 aliphatic rings. The summed E-state index contributed by atoms with van der Waals surface area (Å²) >= 11 is 0. The summed E-state index contributed by atoms with van der Waals surface area (Å²) in [5.74, 6) is 0.720. The van der Waals surface area contributed by atoms with E-state index in [4.69, 9.17) is 0 Å². The smallest absolute Gasteiger partial charge is 0.237 e. The van der Waals surface area contributed by atoms with Crippen molar-refractivity contribution in [1.82, 2.24) is 15.2 Å². The van der Waals surface area contributed by atoms with Gasteiger partial charge in [0.05, 0.1) is 6.04 Å². The molecule has 1 saturated heterocycles. The molecule has 1 aromatic rings. The van der Waals surface area contributed by atoms with Crippen molar-refractivity contribution in [3.05, 3.63) is 24.0 Å². The molecule has 0 unspecified atom stereocenters. The minimum absolute atomic E-state index is 0.0265. The van der Waals surface area contributed by atoms with E-state index in [-0.39, 0.29) is 11.9 Å². The summed E-state index contributed by atoms with van der Waals surface area (Å²) in [6, 6.07) is 2.09. The number of piperazine rings is 1. The molecule has 0 radical (unpaired) electrons. The molecule has 0 aliphatic carbocycles. The van der Waals surface area contributed by atoms with Crippen LogP contribution in [-0.2, 0) is 11.3 Å². The second kappa shape index (κ2) is 5.36. The van der Waals surface area contributed by atoms with Crippen LogP contribution in [0.5, 0.6) is 0 Å². The van der Waals surface area contributed by atoms with Crippen LogP contribution in [0, 0.1) is 5.92 Å². The molecule has 0 bridgehead atoms. The molecular formula is C13H21N3O. The largest absolute Gasteiger partial charge is 0.367 e. The Balaban J connectivity index is 2.04. The van der Waals surface area contributed by atoms with Crippen LogP contribution in [0.15, 0.2) is 18.5 Å². The monoisotopic (exact) mass is 235 g/mol. The van der Waals surface area contributed by atoms with Crippen LogP contribution in [0.2, 0.25) is 0 Å². The Morgan fingerprint density at radius 1 is 1.53 bits per heavy atom. The van der Waals surface area contributed by atoms with Gasteiger partial charge in [-0.1, -0.05) is 13.8 Å². The molecule has 2 rings (SSSR count). The summed E-state index contributed by atoms with van der Waals surface area (Å²) in [7, 11) is 0. The normalized spacial score (nSPS) is 21.8. The van der Waals surface area contributed by atoms with Crippen LogP contribution in [0.1, 0.15) is 25.8 Å². The number of aromatic nitrogens is 1. The lowest BCUT2D eigenvalue weighted by atomic mass is 9.99. The molecule has 17 heavy (non-hydrogen) atoms. The Morgan fingerprint density at radius 3 is 3.00 bits per heavy atom. The Morgan fingerprint density at radius 2 is 2.35 bits per heavy atom. The van der Waals surface area contributed by atoms with Gasteiger partial charge in [-0.3, -0.25) is 9.69 Å². The lowest BCUT2D eigenvalue weighted by Gasteiger charge is -2.35. The number of nitrogens with zero attached hydrogens (tertiary/aromatic N) is 1. The Kier molecular flexibility index (Phi) is 3.84. The molecule has 1 atom stereocenters. The van der Waals surface area contributed by atoms with E-state index in [1.54, 1.807) is 0 Å². The van der Waals surface area contributed by atoms with Crippen LogP contribution in [-0.4, -0.2) is 34.9 Å². The lowest BCUT2D eigenvalue weighted by Crippen LogP contribution is -2.55. The highest BCUT2D eigenvalue weighted by atomic mass is 16.2. The van der Waals surface area contributed by atoms with E-state index in [1.807, 2.05) is 12.4 Å². The molecule has 0 aromatic carbocycles. The number of rotatable bonds is 4. The molecule has 4 nitrogen and oxygen atoms in total. The zero-order valence-electron chi connectivity index (χ0n) is 10.6. The SMILES string of the molecule is CC(C)C[C@H]1C(=O)NCCN1Cc1cc[nH]c1. The minimum Gasteiger partial charge on any atom is -0.367 e. The summed E-state index contributed by atoms with van der Waals surface area (Å²) in [4.78, 5) is 17.2. The highest BCUT2D eigenvalue weighted by Gasteiger charge is 2.29. The molecule has 4 heteroatoms. The molecule has 2 N–H and O–H groups in total. The number of nitrogens with one attached hydrogen (secondary N) is 2. The fourth-order valence-corrected chi connectivity index (χ4v) is 2.35. The first-order valence-corrected chi connectivity index (χ1v) is 6.30. The summed E-state index contributed by atoms with van der Waals surface area (Å²) in [5, 5.41) is 2.96. The number of amides is 1. The van der Waals surface area contributed by atoms with Crippen molar-refractivity contribution >= 4 is 5.91 Å². The van der Waals surface area contributed by atoms with Crippen molar-refractivity contribution in [2.45, 2.75) is 32.9 Å². The van der Waals surface area contributed by atoms with Crippen molar-refractivity contribution in [2.75, 3.05) is 13.1 Å². The third-order valence-corrected chi connectivity index (χ3v) is 3.18. The van der Waals surface area contributed by atoms with Gasteiger partial charge in [0.25, 0.3) is 0 Å². The first-order chi connectivity index (χ1) is 8.16. The summed E-state index contributed by atoms with van der Waals surface area (Å²) < 4.78 is 0. The third kappa shape index (κ3) is 3.09. The van der Waals surface area contributed by atoms with Crippen molar-refractivity contribution in [3.63, 3.8) is 0 Å². The van der Waals surface area contributed by atoms with Crippen molar-refractivity contribution < 1.29 is 4.79 Å². The third-order valence-electron chi connectivity index (χ3n) is 3.18. The molecule has 1 aromatic heterocycles. The number of aromatic amines is 1. The van der Waals surface area contributed by atoms with Gasteiger partial charge in [0.15, 0.2) is 0 Å². The van der Waals surface area contributed by atoms with Gasteiger partial charge in [0, 0.05) is 32.0 Å². The van der Waals surface area contributed by atoms with E-state index in [0.717, 1.165) is 26.1 Å². The predicted octanol–water partition coefficient (Wildman–Crippen LogP) is 1.36. The van der Waals surface area contributed by atoms with Crippen LogP contribution in [0.4, 0.5) is 0 Å². The maximum atomic E-state index is 11.9. The highest BCUT2D eigenvalue weighted by Crippen LogP contribution is 2.17. The minimum atomic E-state index is 0.0265. The van der Waals surface area contributed by atoms with E-state index in [1.165, 1.54) is 5.56 Å². The van der Waals surface area contributed by atoms with Crippen molar-refractivity contribution in [3.8, 4) is 0 Å². The maximum absolute atomic E-state index is 11.9. The Labute approximate surface area is 102 Å². The fraction of sp³-hybridized carbons (Fsp3) is 0.615. The molecule has 0 spiro atoms. The zero-order valence-corrected chi connectivity index (χ0v) is 10.6. The van der Waals surface area contributed by atoms with E-state index >= 15 is 0 Å². The summed E-state index contributed by atoms with van der Waals surface area (Å²) in [6.07, 6.45) is 4.85. The quantitative estimate of drug-likeness (QED) is 0.828. The number of H-pyrrole nitrogens is 1. The molecule has 0 saturated carbocycles. The van der Waals surface area contributed by atoms with Crippen LogP contribution < -0.4 is 5.32 Å². The number of carbonyl (C=O) groups excluding carboxylic acids is 1. The van der Waals surface area contributed by atoms with Gasteiger partial charge in [-0.05, 0) is 24.0 Å². The van der Waals surface area contributed by atoms with Crippen LogP contribution in [0.25, 0.3) is 0 Å². The topological polar surface area (TPSA) is 48.1 Å². The zero-order chi connectivity index (χ0) is 12.3. The first-order valence-electron chi connectivity index (χ1n) is 6.30. The molecule has 1 aliphatic heterocycles. The van der Waals surface area contributed by atoms with Crippen molar-refractivity contribution in [1.29, 1.82) is 0 Å².